The zero-order valence-electron chi connectivity index (χ0n) is 52.5. The van der Waals surface area contributed by atoms with E-state index in [0.29, 0.717) is 82.2 Å². The standard InChI is InChI=1S/C67H85FN10O11S2/c1-7-12-43-13-8-14-45(31-43)34-53-62(82)74-55(35-48-37-70-52-24-21-49(68)36-51(48)52)67(87)78-28-11-18-57(78)64(84)76-59(42(4)88-5)65(85)75-54(33-44-19-22-50(89-6)23-20-44)66(86)77-27-10-17-56(77)63(83)69-26-30-91-39-47-16-9-15-46(32-47)38-90-29-25-58(79)71-40(2)60(80)72-41(3)61(81)73-53/h8-9,13-16,19-24,31-32,36-37,40-42,53-57,59,70H,7,10-12,17-18,25-30,33-35,38-39H2,1-6H3,(H,69,83)(H,71,79)(H,72,80)(H,73,81)(H,74,82)(H,75,85)(H,76,84)/t40-,41+,42+,53-,54-,55-,56?,57?,59-/m0/s1. The molecule has 4 heterocycles. The molecule has 4 aromatic carbocycles. The minimum absolute atomic E-state index is 0.0147. The van der Waals surface area contributed by atoms with Crippen LogP contribution in [0.25, 0.3) is 10.9 Å². The van der Waals surface area contributed by atoms with Gasteiger partial charge in [-0.25, -0.2) is 4.39 Å². The van der Waals surface area contributed by atoms with Crippen LogP contribution in [0.4, 0.5) is 4.39 Å². The number of carbonyl (C=O) groups is 9. The predicted molar refractivity (Wildman–Crippen MR) is 348 cm³/mol. The number of aromatic amines is 1. The van der Waals surface area contributed by atoms with Crippen molar-refractivity contribution in [2.24, 2.45) is 0 Å². The van der Waals surface area contributed by atoms with Gasteiger partial charge < -0.3 is 61.5 Å². The van der Waals surface area contributed by atoms with Crippen LogP contribution in [0.2, 0.25) is 0 Å². The van der Waals surface area contributed by atoms with Crippen LogP contribution in [0.3, 0.4) is 0 Å². The maximum atomic E-state index is 15.4. The molecule has 0 aliphatic carbocycles. The predicted octanol–water partition coefficient (Wildman–Crippen LogP) is 4.95. The molecule has 3 aliphatic rings. The second kappa shape index (κ2) is 33.4. The van der Waals surface area contributed by atoms with Gasteiger partial charge >= 0.3 is 0 Å². The van der Waals surface area contributed by atoms with Gasteiger partial charge in [-0.2, -0.15) is 23.5 Å². The summed E-state index contributed by atoms with van der Waals surface area (Å²) >= 11 is 3.21. The molecular formula is C67H85FN10O11S2. The summed E-state index contributed by atoms with van der Waals surface area (Å²) in [7, 11) is 2.90. The van der Waals surface area contributed by atoms with E-state index in [4.69, 9.17) is 9.47 Å². The van der Waals surface area contributed by atoms with E-state index in [1.165, 1.54) is 50.0 Å². The lowest BCUT2D eigenvalue weighted by Crippen LogP contribution is -2.62. The van der Waals surface area contributed by atoms with Crippen LogP contribution >= 0.6 is 23.5 Å². The van der Waals surface area contributed by atoms with Crippen LogP contribution in [-0.2, 0) is 85.1 Å². The number of nitrogens with zero attached hydrogens (tertiary/aromatic N) is 2. The summed E-state index contributed by atoms with van der Waals surface area (Å²) in [6, 6.07) is 17.3. The van der Waals surface area contributed by atoms with Crippen molar-refractivity contribution in [1.29, 1.82) is 0 Å². The van der Waals surface area contributed by atoms with Crippen molar-refractivity contribution in [3.8, 4) is 5.75 Å². The number of thioether (sulfide) groups is 2. The van der Waals surface area contributed by atoms with E-state index in [9.17, 15) is 38.0 Å². The van der Waals surface area contributed by atoms with E-state index in [-0.39, 0.29) is 57.0 Å². The first-order chi connectivity index (χ1) is 43.8. The Hall–Kier alpha value is -7.96. The summed E-state index contributed by atoms with van der Waals surface area (Å²) in [5, 5.41) is 20.3. The molecule has 488 valence electrons. The smallest absolute Gasteiger partial charge is 0.246 e. The minimum atomic E-state index is -1.42. The molecule has 8 N–H and O–H groups in total. The van der Waals surface area contributed by atoms with Gasteiger partial charge in [-0.05, 0) is 117 Å². The highest BCUT2D eigenvalue weighted by atomic mass is 32.2. The number of nitrogens with one attached hydrogen (secondary N) is 8. The van der Waals surface area contributed by atoms with Gasteiger partial charge in [0, 0.05) is 92.5 Å². The first-order valence-electron chi connectivity index (χ1n) is 31.2. The Kier molecular flexibility index (Phi) is 25.3. The molecule has 21 nitrogen and oxygen atoms in total. The van der Waals surface area contributed by atoms with Gasteiger partial charge in [0.1, 0.15) is 59.9 Å². The fraction of sp³-hybridized carbons (Fsp3) is 0.478. The normalized spacial score (nSPS) is 24.1. The van der Waals surface area contributed by atoms with Crippen molar-refractivity contribution in [3.05, 3.63) is 136 Å². The largest absolute Gasteiger partial charge is 0.497 e. The Labute approximate surface area is 539 Å². The third-order valence-corrected chi connectivity index (χ3v) is 18.8. The van der Waals surface area contributed by atoms with Crippen molar-refractivity contribution in [1.82, 2.24) is 52.0 Å². The zero-order valence-corrected chi connectivity index (χ0v) is 54.2. The highest BCUT2D eigenvalue weighted by Gasteiger charge is 2.43. The number of hydrogen-bond acceptors (Lipinski definition) is 13. The summed E-state index contributed by atoms with van der Waals surface area (Å²) < 4.78 is 26.0. The number of amides is 9. The monoisotopic (exact) mass is 1290 g/mol. The van der Waals surface area contributed by atoms with Gasteiger partial charge in [0.15, 0.2) is 0 Å². The summed E-state index contributed by atoms with van der Waals surface area (Å²) in [6.07, 6.45) is 3.60. The van der Waals surface area contributed by atoms with Gasteiger partial charge in [-0.3, -0.25) is 43.2 Å². The fourth-order valence-corrected chi connectivity index (χ4v) is 13.4. The Morgan fingerprint density at radius 3 is 1.89 bits per heavy atom. The lowest BCUT2D eigenvalue weighted by atomic mass is 9.99. The maximum absolute atomic E-state index is 15.4. The van der Waals surface area contributed by atoms with E-state index in [1.807, 2.05) is 49.4 Å². The molecule has 0 saturated carbocycles. The van der Waals surface area contributed by atoms with Crippen LogP contribution < -0.4 is 42.0 Å². The van der Waals surface area contributed by atoms with E-state index in [1.54, 1.807) is 67.0 Å². The minimum Gasteiger partial charge on any atom is -0.497 e. The van der Waals surface area contributed by atoms with Crippen LogP contribution in [0, 0.1) is 5.82 Å². The van der Waals surface area contributed by atoms with Gasteiger partial charge in [0.2, 0.25) is 53.2 Å². The number of methoxy groups -OCH3 is 2. The van der Waals surface area contributed by atoms with E-state index >= 15 is 9.59 Å². The topological polar surface area (TPSA) is 279 Å². The van der Waals surface area contributed by atoms with E-state index in [2.05, 4.69) is 48.3 Å². The van der Waals surface area contributed by atoms with Crippen molar-refractivity contribution >= 4 is 87.6 Å². The Morgan fingerprint density at radius 1 is 0.604 bits per heavy atom. The molecule has 5 aromatic rings. The van der Waals surface area contributed by atoms with Crippen molar-refractivity contribution in [2.45, 2.75) is 158 Å². The maximum Gasteiger partial charge on any atom is 0.246 e. The quantitative estimate of drug-likeness (QED) is 0.0871. The fourth-order valence-electron chi connectivity index (χ4n) is 11.7. The number of halogens is 1. The van der Waals surface area contributed by atoms with Gasteiger partial charge in [0.25, 0.3) is 0 Å². The Morgan fingerprint density at radius 2 is 1.21 bits per heavy atom. The molecule has 91 heavy (non-hydrogen) atoms. The number of carbonyl (C=O) groups excluding carboxylic acids is 9. The van der Waals surface area contributed by atoms with E-state index < -0.39 is 102 Å². The molecule has 3 aliphatic heterocycles. The molecule has 2 unspecified atom stereocenters. The molecule has 9 atom stereocenters. The molecule has 2 bridgehead atoms. The highest BCUT2D eigenvalue weighted by molar-refractivity contribution is 7.98. The number of H-pyrrole nitrogens is 1. The second-order valence-corrected chi connectivity index (χ2v) is 25.7. The second-order valence-electron chi connectivity index (χ2n) is 23.5. The first kappa shape index (κ1) is 68.9. The van der Waals surface area contributed by atoms with Gasteiger partial charge in [0.05, 0.1) is 13.2 Å². The molecule has 2 saturated heterocycles. The number of ether oxygens (including phenoxy) is 2. The molecule has 2 fully saturated rings. The number of hydrogen-bond donors (Lipinski definition) is 8. The molecule has 1 aromatic heterocycles. The number of benzene rings is 4. The molecule has 24 heteroatoms. The van der Waals surface area contributed by atoms with E-state index in [0.717, 1.165) is 29.5 Å². The molecule has 9 amide bonds. The number of rotatable bonds is 11. The average Bonchev–Trinajstić information content (AvgIpc) is 1.95. The van der Waals surface area contributed by atoms with Crippen molar-refractivity contribution < 1.29 is 57.0 Å². The zero-order chi connectivity index (χ0) is 65.1. The molecule has 0 radical (unpaired) electrons. The number of aryl methyl sites for hydroxylation is 1. The van der Waals surface area contributed by atoms with Crippen LogP contribution in [0.1, 0.15) is 99.6 Å². The first-order valence-corrected chi connectivity index (χ1v) is 33.6. The Balaban J connectivity index is 1.10. The summed E-state index contributed by atoms with van der Waals surface area (Å²) in [6.45, 7) is 7.26. The average molecular weight is 1290 g/mol. The molecular weight excluding hydrogens is 1200 g/mol. The summed E-state index contributed by atoms with van der Waals surface area (Å²) in [5.74, 6) is -3.02. The third-order valence-electron chi connectivity index (χ3n) is 16.8. The molecule has 0 spiro atoms. The van der Waals surface area contributed by atoms with Crippen LogP contribution in [0.5, 0.6) is 5.75 Å². The third kappa shape index (κ3) is 19.1. The van der Waals surface area contributed by atoms with Crippen LogP contribution in [-0.4, -0.2) is 168 Å². The van der Waals surface area contributed by atoms with Crippen molar-refractivity contribution in [2.75, 3.05) is 45.4 Å². The highest BCUT2D eigenvalue weighted by Crippen LogP contribution is 2.27. The summed E-state index contributed by atoms with van der Waals surface area (Å²) in [4.78, 5) is 136. The van der Waals surface area contributed by atoms with Gasteiger partial charge in [-0.15, -0.1) is 0 Å². The van der Waals surface area contributed by atoms with Crippen molar-refractivity contribution in [3.63, 3.8) is 0 Å². The SMILES string of the molecule is CCCc1cccc(C[C@@H]2NC(=O)[C@@H](C)NC(=O)[C@H](C)NC(=O)CCSCc3cccc(c3)CSCCNC(=O)C3CCCN3C(=O)[C@H](Cc3ccc(OC)cc3)NC(=O)[C@H]([C@@H](C)OC)NC(=O)C3CCCN3C(=O)[C@H](Cc3c[nH]c4ccc(F)cc34)NC2=O)c1. The summed E-state index contributed by atoms with van der Waals surface area (Å²) in [5.41, 5.74) is 5.55. The lowest BCUT2D eigenvalue weighted by molar-refractivity contribution is -0.144. The Bertz CT molecular complexity index is 3390. The molecule has 8 rings (SSSR count). The van der Waals surface area contributed by atoms with Crippen LogP contribution in [0.15, 0.2) is 97.2 Å². The number of fused-ring (bicyclic) bond motifs is 5. The lowest BCUT2D eigenvalue weighted by Gasteiger charge is -2.33. The number of aromatic nitrogens is 1. The van der Waals surface area contributed by atoms with Gasteiger partial charge in [-0.1, -0.05) is 74.0 Å².